The maximum absolute atomic E-state index is 5.78. The summed E-state index contributed by atoms with van der Waals surface area (Å²) in [6.07, 6.45) is 0. The van der Waals surface area contributed by atoms with E-state index in [-0.39, 0.29) is 0 Å². The topological polar surface area (TPSA) is 0 Å². The SMILES string of the molecule is CC(C)c1c(Br)cc(CCl)cc1I. The van der Waals surface area contributed by atoms with Crippen LogP contribution in [0, 0.1) is 3.57 Å². The molecule has 13 heavy (non-hydrogen) atoms. The van der Waals surface area contributed by atoms with Gasteiger partial charge in [0.2, 0.25) is 0 Å². The van der Waals surface area contributed by atoms with Gasteiger partial charge in [-0.3, -0.25) is 0 Å². The zero-order chi connectivity index (χ0) is 10.0. The molecule has 1 aromatic rings. The van der Waals surface area contributed by atoms with Crippen molar-refractivity contribution in [3.05, 3.63) is 31.3 Å². The van der Waals surface area contributed by atoms with Crippen LogP contribution in [0.15, 0.2) is 16.6 Å². The minimum Gasteiger partial charge on any atom is -0.122 e. The highest BCUT2D eigenvalue weighted by Crippen LogP contribution is 2.31. The molecule has 0 nitrogen and oxygen atoms in total. The summed E-state index contributed by atoms with van der Waals surface area (Å²) >= 11 is 11.7. The summed E-state index contributed by atoms with van der Waals surface area (Å²) < 4.78 is 2.46. The van der Waals surface area contributed by atoms with Gasteiger partial charge in [-0.15, -0.1) is 11.6 Å². The Morgan fingerprint density at radius 2 is 2.08 bits per heavy atom. The lowest BCUT2D eigenvalue weighted by molar-refractivity contribution is 0.853. The van der Waals surface area contributed by atoms with Crippen LogP contribution in [0.3, 0.4) is 0 Å². The van der Waals surface area contributed by atoms with Gasteiger partial charge in [-0.2, -0.15) is 0 Å². The Morgan fingerprint density at radius 3 is 2.46 bits per heavy atom. The average Bonchev–Trinajstić information content (AvgIpc) is 2.02. The fourth-order valence-electron chi connectivity index (χ4n) is 1.27. The molecule has 0 N–H and O–H groups in total. The van der Waals surface area contributed by atoms with Crippen molar-refractivity contribution in [3.8, 4) is 0 Å². The normalized spacial score (nSPS) is 10.9. The summed E-state index contributed by atoms with van der Waals surface area (Å²) in [6, 6.07) is 4.25. The minimum atomic E-state index is 0.547. The molecule has 1 rings (SSSR count). The lowest BCUT2D eigenvalue weighted by atomic mass is 10.0. The van der Waals surface area contributed by atoms with Crippen molar-refractivity contribution < 1.29 is 0 Å². The van der Waals surface area contributed by atoms with Gasteiger partial charge in [-0.25, -0.2) is 0 Å². The standard InChI is InChI=1S/C10H11BrClI/c1-6(2)10-8(11)3-7(5-12)4-9(10)13/h3-4,6H,5H2,1-2H3. The smallest absolute Gasteiger partial charge is 0.0474 e. The summed E-state index contributed by atoms with van der Waals surface area (Å²) in [5.74, 6) is 1.12. The van der Waals surface area contributed by atoms with E-state index in [1.807, 2.05) is 0 Å². The number of halogens is 3. The van der Waals surface area contributed by atoms with Crippen LogP contribution in [0.5, 0.6) is 0 Å². The van der Waals surface area contributed by atoms with E-state index in [1.165, 1.54) is 19.2 Å². The largest absolute Gasteiger partial charge is 0.122 e. The van der Waals surface area contributed by atoms with Gasteiger partial charge in [0.05, 0.1) is 0 Å². The highest BCUT2D eigenvalue weighted by molar-refractivity contribution is 14.1. The molecule has 1 aromatic carbocycles. The van der Waals surface area contributed by atoms with Crippen LogP contribution in [0.4, 0.5) is 0 Å². The summed E-state index contributed by atoms with van der Waals surface area (Å²) in [4.78, 5) is 0. The predicted octanol–water partition coefficient (Wildman–Crippen LogP) is 4.92. The molecule has 0 aliphatic heterocycles. The van der Waals surface area contributed by atoms with Crippen molar-refractivity contribution in [1.29, 1.82) is 0 Å². The van der Waals surface area contributed by atoms with E-state index in [4.69, 9.17) is 11.6 Å². The first kappa shape index (κ1) is 11.8. The monoisotopic (exact) mass is 372 g/mol. The van der Waals surface area contributed by atoms with Crippen molar-refractivity contribution in [2.24, 2.45) is 0 Å². The van der Waals surface area contributed by atoms with E-state index in [9.17, 15) is 0 Å². The van der Waals surface area contributed by atoms with E-state index < -0.39 is 0 Å². The van der Waals surface area contributed by atoms with Gasteiger partial charge < -0.3 is 0 Å². The van der Waals surface area contributed by atoms with E-state index in [0.717, 1.165) is 0 Å². The van der Waals surface area contributed by atoms with E-state index in [2.05, 4.69) is 64.5 Å². The number of alkyl halides is 1. The maximum Gasteiger partial charge on any atom is 0.0474 e. The third-order valence-electron chi connectivity index (χ3n) is 1.87. The maximum atomic E-state index is 5.78. The Balaban J connectivity index is 3.23. The van der Waals surface area contributed by atoms with Crippen LogP contribution in [0.25, 0.3) is 0 Å². The second kappa shape index (κ2) is 4.99. The van der Waals surface area contributed by atoms with Crippen LogP contribution in [0.1, 0.15) is 30.9 Å². The third-order valence-corrected chi connectivity index (χ3v) is 3.73. The minimum absolute atomic E-state index is 0.547. The van der Waals surface area contributed by atoms with Crippen LogP contribution in [-0.2, 0) is 5.88 Å². The molecule has 3 heteroatoms. The van der Waals surface area contributed by atoms with Crippen molar-refractivity contribution >= 4 is 50.1 Å². The Hall–Kier alpha value is 0.720. The molecule has 0 saturated carbocycles. The summed E-state index contributed by atoms with van der Waals surface area (Å²) in [6.45, 7) is 4.39. The number of benzene rings is 1. The second-order valence-corrected chi connectivity index (χ2v) is 5.55. The molecule has 0 unspecified atom stereocenters. The van der Waals surface area contributed by atoms with Gasteiger partial charge >= 0.3 is 0 Å². The first-order chi connectivity index (χ1) is 6.06. The van der Waals surface area contributed by atoms with Crippen molar-refractivity contribution in [2.45, 2.75) is 25.6 Å². The van der Waals surface area contributed by atoms with Crippen molar-refractivity contribution in [2.75, 3.05) is 0 Å². The molecular weight excluding hydrogens is 362 g/mol. The Labute approximate surface area is 106 Å². The Kier molecular flexibility index (Phi) is 4.52. The third kappa shape index (κ3) is 2.83. The van der Waals surface area contributed by atoms with Crippen LogP contribution < -0.4 is 0 Å². The van der Waals surface area contributed by atoms with Crippen LogP contribution in [0.2, 0.25) is 0 Å². The van der Waals surface area contributed by atoms with Crippen molar-refractivity contribution in [1.82, 2.24) is 0 Å². The zero-order valence-corrected chi connectivity index (χ0v) is 12.1. The highest BCUT2D eigenvalue weighted by atomic mass is 127. The zero-order valence-electron chi connectivity index (χ0n) is 7.57. The summed E-state index contributed by atoms with van der Waals surface area (Å²) in [5, 5.41) is 0. The van der Waals surface area contributed by atoms with Gasteiger partial charge in [-0.05, 0) is 51.8 Å². The first-order valence-corrected chi connectivity index (χ1v) is 6.50. The summed E-state index contributed by atoms with van der Waals surface area (Å²) in [7, 11) is 0. The second-order valence-electron chi connectivity index (χ2n) is 3.26. The predicted molar refractivity (Wildman–Crippen MR) is 70.5 cm³/mol. The Bertz CT molecular complexity index is 287. The van der Waals surface area contributed by atoms with Crippen LogP contribution >= 0.6 is 50.1 Å². The summed E-state index contributed by atoms with van der Waals surface area (Å²) in [5.41, 5.74) is 2.54. The van der Waals surface area contributed by atoms with E-state index >= 15 is 0 Å². The van der Waals surface area contributed by atoms with Gasteiger partial charge in [0.25, 0.3) is 0 Å². The molecule has 0 heterocycles. The molecule has 0 fully saturated rings. The highest BCUT2D eigenvalue weighted by Gasteiger charge is 2.10. The fraction of sp³-hybridized carbons (Fsp3) is 0.400. The van der Waals surface area contributed by atoms with Gasteiger partial charge in [0, 0.05) is 13.9 Å². The number of hydrogen-bond acceptors (Lipinski definition) is 0. The lowest BCUT2D eigenvalue weighted by Gasteiger charge is -2.12. The molecule has 0 bridgehead atoms. The van der Waals surface area contributed by atoms with Gasteiger partial charge in [0.1, 0.15) is 0 Å². The van der Waals surface area contributed by atoms with Crippen molar-refractivity contribution in [3.63, 3.8) is 0 Å². The molecule has 0 aliphatic rings. The lowest BCUT2D eigenvalue weighted by Crippen LogP contribution is -1.95. The molecule has 0 amide bonds. The molecule has 0 radical (unpaired) electrons. The molecule has 0 spiro atoms. The van der Waals surface area contributed by atoms with Gasteiger partial charge in [0.15, 0.2) is 0 Å². The fourth-order valence-corrected chi connectivity index (χ4v) is 4.07. The number of hydrogen-bond donors (Lipinski definition) is 0. The molecular formula is C10H11BrClI. The van der Waals surface area contributed by atoms with E-state index in [1.54, 1.807) is 0 Å². The molecule has 0 atom stereocenters. The average molecular weight is 373 g/mol. The molecule has 0 aromatic heterocycles. The molecule has 0 aliphatic carbocycles. The Morgan fingerprint density at radius 1 is 1.46 bits per heavy atom. The van der Waals surface area contributed by atoms with Gasteiger partial charge in [-0.1, -0.05) is 29.8 Å². The van der Waals surface area contributed by atoms with E-state index in [0.29, 0.717) is 11.8 Å². The first-order valence-electron chi connectivity index (χ1n) is 4.10. The number of rotatable bonds is 2. The quantitative estimate of drug-likeness (QED) is 0.510. The van der Waals surface area contributed by atoms with Crippen LogP contribution in [-0.4, -0.2) is 0 Å². The molecule has 72 valence electrons. The molecule has 0 saturated heterocycles.